The van der Waals surface area contributed by atoms with Gasteiger partial charge in [0.15, 0.2) is 0 Å². The third-order valence-corrected chi connectivity index (χ3v) is 7.27. The third-order valence-electron chi connectivity index (χ3n) is 7.27. The molecule has 3 rings (SSSR count). The molecule has 0 aromatic heterocycles. The number of carbonyl (C=O) groups excluding carboxylic acids is 4. The second kappa shape index (κ2) is 14.6. The summed E-state index contributed by atoms with van der Waals surface area (Å²) in [5.74, 6) is 0.103. The molecule has 2 heterocycles. The van der Waals surface area contributed by atoms with E-state index in [0.717, 1.165) is 57.1 Å². The summed E-state index contributed by atoms with van der Waals surface area (Å²) in [6, 6.07) is 9.57. The predicted octanol–water partition coefficient (Wildman–Crippen LogP) is 3.56. The number of amides is 3. The molecule has 1 aromatic carbocycles. The maximum Gasteiger partial charge on any atom is 0.242 e. The summed E-state index contributed by atoms with van der Waals surface area (Å²) in [5, 5.41) is 9.11. The van der Waals surface area contributed by atoms with Crippen molar-refractivity contribution in [3.8, 4) is 0 Å². The molecule has 0 radical (unpaired) electrons. The highest BCUT2D eigenvalue weighted by Crippen LogP contribution is 2.36. The molecule has 194 valence electrons. The van der Waals surface area contributed by atoms with E-state index in [0.29, 0.717) is 25.8 Å². The van der Waals surface area contributed by atoms with Crippen LogP contribution >= 0.6 is 0 Å². The Hall–Kier alpha value is -2.70. The first-order valence-corrected chi connectivity index (χ1v) is 13.1. The normalized spacial score (nSPS) is 26.5. The molecular formula is C28H43N3O4. The van der Waals surface area contributed by atoms with Gasteiger partial charge in [0.2, 0.25) is 17.7 Å². The van der Waals surface area contributed by atoms with Crippen molar-refractivity contribution in [1.29, 1.82) is 0 Å². The highest BCUT2D eigenvalue weighted by Gasteiger charge is 2.41. The van der Waals surface area contributed by atoms with Crippen LogP contribution < -0.4 is 16.0 Å². The van der Waals surface area contributed by atoms with Gasteiger partial charge in [0.25, 0.3) is 0 Å². The van der Waals surface area contributed by atoms with Crippen LogP contribution in [0.4, 0.5) is 0 Å². The largest absolute Gasteiger partial charge is 0.356 e. The Morgan fingerprint density at radius 1 is 0.886 bits per heavy atom. The zero-order chi connectivity index (χ0) is 25.7. The molecule has 7 heteroatoms. The van der Waals surface area contributed by atoms with E-state index < -0.39 is 6.04 Å². The molecule has 2 saturated heterocycles. The molecule has 3 N–H and O–H groups in total. The lowest BCUT2D eigenvalue weighted by molar-refractivity contribution is -0.132. The fourth-order valence-corrected chi connectivity index (χ4v) is 5.29. The Morgan fingerprint density at radius 3 is 2.17 bits per heavy atom. The summed E-state index contributed by atoms with van der Waals surface area (Å²) in [6.07, 6.45) is 8.57. The fourth-order valence-electron chi connectivity index (χ4n) is 5.29. The van der Waals surface area contributed by atoms with Gasteiger partial charge in [-0.2, -0.15) is 0 Å². The van der Waals surface area contributed by atoms with Gasteiger partial charge >= 0.3 is 0 Å². The maximum absolute atomic E-state index is 13.3. The van der Waals surface area contributed by atoms with E-state index in [9.17, 15) is 14.4 Å². The summed E-state index contributed by atoms with van der Waals surface area (Å²) < 4.78 is 0. The van der Waals surface area contributed by atoms with Gasteiger partial charge in [0, 0.05) is 19.0 Å². The van der Waals surface area contributed by atoms with Crippen molar-refractivity contribution < 1.29 is 19.2 Å². The second-order valence-corrected chi connectivity index (χ2v) is 10.4. The summed E-state index contributed by atoms with van der Waals surface area (Å²) in [5.41, 5.74) is 0.787. The molecule has 35 heavy (non-hydrogen) atoms. The van der Waals surface area contributed by atoms with E-state index in [1.807, 2.05) is 25.0 Å². The minimum Gasteiger partial charge on any atom is -0.356 e. The number of hydrogen-bond donors (Lipinski definition) is 3. The van der Waals surface area contributed by atoms with Gasteiger partial charge in [-0.3, -0.25) is 14.4 Å². The van der Waals surface area contributed by atoms with E-state index in [-0.39, 0.29) is 35.0 Å². The monoisotopic (exact) mass is 485 g/mol. The number of carbonyl (C=O) groups is 4. The van der Waals surface area contributed by atoms with Crippen molar-refractivity contribution in [1.82, 2.24) is 16.0 Å². The van der Waals surface area contributed by atoms with E-state index in [1.165, 1.54) is 0 Å². The van der Waals surface area contributed by atoms with Crippen LogP contribution in [0.5, 0.6) is 0 Å². The van der Waals surface area contributed by atoms with E-state index in [1.54, 1.807) is 0 Å². The SMILES string of the molecule is C=O.CC(C)CC1NC(=O)C(Cc2ccccc2)CCCCCCC2(CCNC1=O)CCNC2=O. The quantitative estimate of drug-likeness (QED) is 0.607. The number of rotatable bonds is 4. The van der Waals surface area contributed by atoms with Crippen molar-refractivity contribution >= 4 is 24.5 Å². The molecule has 0 saturated carbocycles. The first kappa shape index (κ1) is 28.5. The van der Waals surface area contributed by atoms with Gasteiger partial charge in [-0.05, 0) is 50.0 Å². The van der Waals surface area contributed by atoms with Crippen LogP contribution in [0.15, 0.2) is 30.3 Å². The van der Waals surface area contributed by atoms with Crippen LogP contribution in [-0.2, 0) is 25.6 Å². The Morgan fingerprint density at radius 2 is 1.54 bits per heavy atom. The molecule has 2 aliphatic heterocycles. The van der Waals surface area contributed by atoms with Crippen LogP contribution in [0, 0.1) is 17.3 Å². The van der Waals surface area contributed by atoms with E-state index in [2.05, 4.69) is 41.9 Å². The van der Waals surface area contributed by atoms with Crippen molar-refractivity contribution in [3.05, 3.63) is 35.9 Å². The smallest absolute Gasteiger partial charge is 0.242 e. The zero-order valence-electron chi connectivity index (χ0n) is 21.4. The topological polar surface area (TPSA) is 104 Å². The molecule has 7 nitrogen and oxygen atoms in total. The Kier molecular flexibility index (Phi) is 11.9. The molecule has 3 amide bonds. The van der Waals surface area contributed by atoms with Gasteiger partial charge in [0.05, 0.1) is 5.41 Å². The molecule has 3 unspecified atom stereocenters. The van der Waals surface area contributed by atoms with Crippen LogP contribution in [0.3, 0.4) is 0 Å². The van der Waals surface area contributed by atoms with Crippen LogP contribution in [0.2, 0.25) is 0 Å². The molecule has 0 bridgehead atoms. The molecule has 0 aliphatic carbocycles. The van der Waals surface area contributed by atoms with E-state index >= 15 is 0 Å². The summed E-state index contributed by atoms with van der Waals surface area (Å²) >= 11 is 0. The lowest BCUT2D eigenvalue weighted by Gasteiger charge is -2.27. The first-order valence-electron chi connectivity index (χ1n) is 13.1. The van der Waals surface area contributed by atoms with Gasteiger partial charge in [0.1, 0.15) is 12.8 Å². The second-order valence-electron chi connectivity index (χ2n) is 10.4. The van der Waals surface area contributed by atoms with Gasteiger partial charge in [-0.15, -0.1) is 0 Å². The molecule has 2 aliphatic rings. The summed E-state index contributed by atoms with van der Waals surface area (Å²) in [6.45, 7) is 7.31. The zero-order valence-corrected chi connectivity index (χ0v) is 21.4. The van der Waals surface area contributed by atoms with Crippen LogP contribution in [0.1, 0.15) is 77.2 Å². The minimum atomic E-state index is -0.547. The van der Waals surface area contributed by atoms with Gasteiger partial charge < -0.3 is 20.7 Å². The first-order chi connectivity index (χ1) is 16.9. The van der Waals surface area contributed by atoms with Crippen LogP contribution in [0.25, 0.3) is 0 Å². The number of nitrogens with one attached hydrogen (secondary N) is 3. The number of hydrogen-bond acceptors (Lipinski definition) is 4. The third kappa shape index (κ3) is 8.79. The van der Waals surface area contributed by atoms with Crippen molar-refractivity contribution in [2.45, 2.75) is 84.1 Å². The standard InChI is InChI=1S/C27H41N3O3.CH2O/c1-20(2)18-23-25(32)28-16-14-27(15-17-29-26(27)33)13-9-4-3-8-12-22(24(31)30-23)19-21-10-6-5-7-11-21;1-2/h5-7,10-11,20,22-23H,3-4,8-9,12-19H2,1-2H3,(H,28,32)(H,29,33)(H,30,31);1H2. The Bertz CT molecular complexity index is 814. The summed E-state index contributed by atoms with van der Waals surface area (Å²) in [4.78, 5) is 47.0. The fraction of sp³-hybridized carbons (Fsp3) is 0.643. The van der Waals surface area contributed by atoms with Crippen LogP contribution in [-0.4, -0.2) is 43.6 Å². The predicted molar refractivity (Wildman–Crippen MR) is 138 cm³/mol. The molecule has 1 aromatic rings. The van der Waals surface area contributed by atoms with Gasteiger partial charge in [-0.25, -0.2) is 0 Å². The number of benzene rings is 1. The highest BCUT2D eigenvalue weighted by atomic mass is 16.2. The van der Waals surface area contributed by atoms with Crippen molar-refractivity contribution in [3.63, 3.8) is 0 Å². The molecular weight excluding hydrogens is 442 g/mol. The maximum atomic E-state index is 13.3. The molecule has 2 fully saturated rings. The average Bonchev–Trinajstić information content (AvgIpc) is 3.20. The van der Waals surface area contributed by atoms with E-state index in [4.69, 9.17) is 4.79 Å². The average molecular weight is 486 g/mol. The molecule has 3 atom stereocenters. The lowest BCUT2D eigenvalue weighted by Crippen LogP contribution is -2.50. The minimum absolute atomic E-state index is 0.0267. The highest BCUT2D eigenvalue weighted by molar-refractivity contribution is 5.89. The summed E-state index contributed by atoms with van der Waals surface area (Å²) in [7, 11) is 0. The van der Waals surface area contributed by atoms with Crippen molar-refractivity contribution in [2.75, 3.05) is 13.1 Å². The molecule has 1 spiro atoms. The Balaban J connectivity index is 0.00000210. The van der Waals surface area contributed by atoms with Gasteiger partial charge in [-0.1, -0.05) is 69.9 Å². The lowest BCUT2D eigenvalue weighted by atomic mass is 9.78. The van der Waals surface area contributed by atoms with Crippen molar-refractivity contribution in [2.24, 2.45) is 17.3 Å². The Labute approximate surface area is 210 Å².